The van der Waals surface area contributed by atoms with Crippen molar-refractivity contribution in [3.63, 3.8) is 0 Å². The summed E-state index contributed by atoms with van der Waals surface area (Å²) in [5.41, 5.74) is 7.99. The van der Waals surface area contributed by atoms with E-state index in [1.54, 1.807) is 0 Å². The van der Waals surface area contributed by atoms with Crippen molar-refractivity contribution in [2.75, 3.05) is 0 Å². The predicted molar refractivity (Wildman–Crippen MR) is 271 cm³/mol. The number of unbranched alkanes of at least 4 members (excludes halogenated alkanes) is 2. The topological polar surface area (TPSA) is 0 Å². The van der Waals surface area contributed by atoms with E-state index in [0.717, 1.165) is 12.8 Å². The molecule has 0 radical (unpaired) electrons. The van der Waals surface area contributed by atoms with Crippen LogP contribution in [0.3, 0.4) is 0 Å². The van der Waals surface area contributed by atoms with Gasteiger partial charge in [0.2, 0.25) is 0 Å². The van der Waals surface area contributed by atoms with Crippen LogP contribution in [0.15, 0.2) is 242 Å². The monoisotopic (exact) mass is 970 g/mol. The summed E-state index contributed by atoms with van der Waals surface area (Å²) in [6.45, 7) is 4.44. The van der Waals surface area contributed by atoms with Crippen molar-refractivity contribution in [2.45, 2.75) is 65.2 Å². The quantitative estimate of drug-likeness (QED) is 0.0947. The molecule has 0 amide bonds. The largest absolute Gasteiger partial charge is 0.168 e. The van der Waals surface area contributed by atoms with Crippen LogP contribution in [-0.4, -0.2) is 7.62 Å². The molecule has 8 aromatic carbocycles. The van der Waals surface area contributed by atoms with E-state index in [-0.39, 0.29) is 24.8 Å². The summed E-state index contributed by atoms with van der Waals surface area (Å²) in [7, 11) is 0. The maximum Gasteiger partial charge on any atom is -0.0809 e. The number of rotatable bonds is 10. The molecule has 332 valence electrons. The Kier molecular flexibility index (Phi) is 28.4. The van der Waals surface area contributed by atoms with E-state index in [4.69, 9.17) is 0 Å². The molecule has 0 aromatic heterocycles. The molecule has 4 heteroatoms. The molecule has 0 aliphatic heterocycles. The Bertz CT molecular complexity index is 2320. The minimum atomic E-state index is 0. The molecular formula is C62H60Cl2Ti2-2. The van der Waals surface area contributed by atoms with E-state index in [1.807, 2.05) is 24.3 Å². The van der Waals surface area contributed by atoms with Crippen molar-refractivity contribution in [1.82, 2.24) is 0 Å². The van der Waals surface area contributed by atoms with Crippen LogP contribution in [0.4, 0.5) is 0 Å². The first-order valence-electron chi connectivity index (χ1n) is 22.7. The Labute approximate surface area is 431 Å². The minimum Gasteiger partial charge on any atom is -0.168 e. The molecule has 0 heterocycles. The van der Waals surface area contributed by atoms with Crippen LogP contribution >= 0.6 is 0 Å². The van der Waals surface area contributed by atoms with Crippen LogP contribution < -0.4 is 24.8 Å². The number of benzene rings is 6. The first-order chi connectivity index (χ1) is 31.6. The first kappa shape index (κ1) is 55.6. The Hall–Kier alpha value is -4.75. The van der Waals surface area contributed by atoms with Crippen molar-refractivity contribution in [1.29, 1.82) is 0 Å². The summed E-state index contributed by atoms with van der Waals surface area (Å²) in [4.78, 5) is 0. The molecule has 0 bridgehead atoms. The Morgan fingerprint density at radius 3 is 1.00 bits per heavy atom. The fourth-order valence-corrected chi connectivity index (χ4v) is 7.91. The molecule has 2 aliphatic carbocycles. The average molecular weight is 972 g/mol. The number of fused-ring (bicyclic) bond motifs is 2. The van der Waals surface area contributed by atoms with Crippen molar-refractivity contribution in [2.24, 2.45) is 0 Å². The number of allylic oxidation sites excluding steroid dienone is 8. The van der Waals surface area contributed by atoms with Crippen LogP contribution in [0.2, 0.25) is 0 Å². The zero-order valence-corrected chi connectivity index (χ0v) is 43.0. The summed E-state index contributed by atoms with van der Waals surface area (Å²) in [5, 5.41) is 5.32. The summed E-state index contributed by atoms with van der Waals surface area (Å²) in [6, 6.07) is 71.2. The Morgan fingerprint density at radius 1 is 0.424 bits per heavy atom. The Balaban J connectivity index is 0.000000211. The van der Waals surface area contributed by atoms with Gasteiger partial charge in [0.25, 0.3) is 0 Å². The van der Waals surface area contributed by atoms with Gasteiger partial charge in [0, 0.05) is 0 Å². The van der Waals surface area contributed by atoms with Crippen LogP contribution in [0, 0.1) is 12.2 Å². The van der Waals surface area contributed by atoms with Gasteiger partial charge in [-0.05, 0) is 0 Å². The van der Waals surface area contributed by atoms with Gasteiger partial charge in [-0.25, -0.2) is 23.3 Å². The molecule has 66 heavy (non-hydrogen) atoms. The first-order valence-corrected chi connectivity index (χ1v) is 24.2. The van der Waals surface area contributed by atoms with Gasteiger partial charge >= 0.3 is 191 Å². The average Bonchev–Trinajstić information content (AvgIpc) is 4.24. The zero-order valence-electron chi connectivity index (χ0n) is 38.4. The van der Waals surface area contributed by atoms with Gasteiger partial charge in [0.15, 0.2) is 0 Å². The van der Waals surface area contributed by atoms with Crippen molar-refractivity contribution >= 4 is 29.2 Å². The fourth-order valence-electron chi connectivity index (χ4n) is 6.87. The molecule has 0 fully saturated rings. The fraction of sp³-hybridized carbons (Fsp3) is 0.161. The van der Waals surface area contributed by atoms with Gasteiger partial charge < -0.3 is 24.8 Å². The second-order valence-electron chi connectivity index (χ2n) is 15.3. The summed E-state index contributed by atoms with van der Waals surface area (Å²) < 4.78 is 2.65. The molecule has 10 rings (SSSR count). The van der Waals surface area contributed by atoms with E-state index in [9.17, 15) is 0 Å². The Morgan fingerprint density at radius 2 is 0.727 bits per heavy atom. The summed E-state index contributed by atoms with van der Waals surface area (Å²) in [5.74, 6) is 0. The van der Waals surface area contributed by atoms with Gasteiger partial charge in [0.1, 0.15) is 0 Å². The molecule has 0 nitrogen and oxygen atoms in total. The zero-order chi connectivity index (χ0) is 44.9. The van der Waals surface area contributed by atoms with Crippen LogP contribution in [-0.2, 0) is 39.9 Å². The molecule has 0 atom stereocenters. The number of hydrogen-bond acceptors (Lipinski definition) is 0. The smallest absolute Gasteiger partial charge is 0.0809 e. The van der Waals surface area contributed by atoms with Gasteiger partial charge in [-0.2, -0.15) is 47.2 Å². The van der Waals surface area contributed by atoms with Crippen molar-refractivity contribution < 1.29 is 64.8 Å². The maximum atomic E-state index is 3.30. The molecule has 0 spiro atoms. The SMILES string of the molecule is CCCCC1=[C-]CC=C1.CCCCC1=[C-]CC=C1.[Cl-].[Cl-].[Ti+2]=[C](c1ccccc1)c1ccccc1.[Ti+2]=[C](c1ccccc1)c1ccccc1.c1ccc2[cH-]ccc2c1.c1ccc2[cH-]ccc2c1. The summed E-state index contributed by atoms with van der Waals surface area (Å²) >= 11 is 4.31. The van der Waals surface area contributed by atoms with Crippen LogP contribution in [0.5, 0.6) is 0 Å². The van der Waals surface area contributed by atoms with Gasteiger partial charge in [-0.3, -0.25) is 12.2 Å². The van der Waals surface area contributed by atoms with E-state index in [1.165, 1.54) is 101 Å². The summed E-state index contributed by atoms with van der Waals surface area (Å²) in [6.07, 6.45) is 25.1. The molecular weight excluding hydrogens is 911 g/mol. The van der Waals surface area contributed by atoms with E-state index in [2.05, 4.69) is 272 Å². The van der Waals surface area contributed by atoms with Gasteiger partial charge in [0.05, 0.1) is 0 Å². The third-order valence-electron chi connectivity index (χ3n) is 10.5. The minimum absolute atomic E-state index is 0. The second kappa shape index (κ2) is 33.7. The maximum absolute atomic E-state index is 3.30. The molecule has 0 saturated carbocycles. The van der Waals surface area contributed by atoms with E-state index >= 15 is 0 Å². The number of hydrogen-bond donors (Lipinski definition) is 0. The van der Waals surface area contributed by atoms with Gasteiger partial charge in [-0.15, -0.1) is 72.1 Å². The molecule has 8 aromatic rings. The second-order valence-corrected chi connectivity index (χ2v) is 16.9. The molecule has 2 aliphatic rings. The van der Waals surface area contributed by atoms with Crippen LogP contribution in [0.25, 0.3) is 21.5 Å². The number of halogens is 2. The molecule has 0 N–H and O–H groups in total. The van der Waals surface area contributed by atoms with Crippen molar-refractivity contribution in [3.05, 3.63) is 276 Å². The molecule has 0 unspecified atom stereocenters. The molecule has 0 saturated heterocycles. The van der Waals surface area contributed by atoms with Crippen LogP contribution in [0.1, 0.15) is 87.5 Å². The van der Waals surface area contributed by atoms with Crippen molar-refractivity contribution in [3.8, 4) is 0 Å². The normalized spacial score (nSPS) is 11.4. The third-order valence-corrected chi connectivity index (χ3v) is 12.3. The van der Waals surface area contributed by atoms with Gasteiger partial charge in [-0.1, -0.05) is 64.5 Å². The van der Waals surface area contributed by atoms with E-state index in [0.29, 0.717) is 0 Å². The predicted octanol–water partition coefficient (Wildman–Crippen LogP) is 10.5. The third kappa shape index (κ3) is 20.4. The van der Waals surface area contributed by atoms with E-state index < -0.39 is 0 Å². The standard InChI is InChI=1S/2C13H10.2C9H7.2C9H13.2ClH.2Ti/c2*1-3-7-12(8-4-1)11-13-9-5-2-6-10-13;2*1-2-5-9-7-3-6-8(9)4-1;2*1-2-3-6-9-7-4-5-8-9;;;;/h2*1-10H;2*1-7H;2*4,7H,2-3,5-6H2,1H3;2*1H;;/q;;4*-1;;;2*+2/p-2.